The average molecular weight is 952 g/mol. The quantitative estimate of drug-likeness (QED) is 0.0785. The average Bonchev–Trinajstić information content (AvgIpc) is 4.01. The van der Waals surface area contributed by atoms with Crippen LogP contribution in [0.3, 0.4) is 0 Å². The van der Waals surface area contributed by atoms with Crippen molar-refractivity contribution < 1.29 is 32.6 Å². The third-order valence-electron chi connectivity index (χ3n) is 14.0. The van der Waals surface area contributed by atoms with Gasteiger partial charge in [-0.2, -0.15) is 9.97 Å². The first-order valence-corrected chi connectivity index (χ1v) is 26.0. The number of benzene rings is 3. The molecule has 2 bridgehead atoms. The smallest absolute Gasteiger partial charge is 0.410 e. The number of anilines is 1. The Kier molecular flexibility index (Phi) is 13.3. The van der Waals surface area contributed by atoms with Crippen molar-refractivity contribution in [3.8, 4) is 23.0 Å². The standard InChI is InChI=1S/C52H64ClFN6O6Si/c1-51(2,3)66-50(61)60-34-21-22-35(60)29-59(28-34)48-42-27-55-46(41-25-38(64-32-62-8)26-43(53)44(41)33-19-20-33)45(54)47(42)56-49(57-48)63-30-36-23-24-37(58(36)7)31-65-67(52(4,5)6,39-15-11-9-12-16-39)40-17-13-10-14-18-40/h9-18,25-27,33-37H,19-24,28-32H2,1-8H3/t34?,35?,36-,37-/m0/s1. The molecular formula is C52H64ClFN6O6Si. The minimum atomic E-state index is -2.74. The highest BCUT2D eigenvalue weighted by molar-refractivity contribution is 6.99. The Labute approximate surface area is 400 Å². The molecule has 12 nitrogen and oxygen atoms in total. The fourth-order valence-electron chi connectivity index (χ4n) is 10.6. The number of aromatic nitrogens is 3. The van der Waals surface area contributed by atoms with E-state index in [9.17, 15) is 4.79 Å². The topological polar surface area (TPSA) is 112 Å². The molecule has 4 fully saturated rings. The summed E-state index contributed by atoms with van der Waals surface area (Å²) >= 11 is 6.90. The van der Waals surface area contributed by atoms with E-state index < -0.39 is 19.7 Å². The molecule has 356 valence electrons. The molecule has 4 atom stereocenters. The van der Waals surface area contributed by atoms with Gasteiger partial charge in [0.05, 0.1) is 24.1 Å². The Hall–Kier alpha value is -4.86. The van der Waals surface area contributed by atoms with Crippen molar-refractivity contribution in [2.75, 3.05) is 52.2 Å². The van der Waals surface area contributed by atoms with Crippen LogP contribution >= 0.6 is 11.6 Å². The van der Waals surface area contributed by atoms with Crippen LogP contribution in [-0.4, -0.2) is 116 Å². The molecule has 3 saturated heterocycles. The minimum absolute atomic E-state index is 0.0113. The van der Waals surface area contributed by atoms with Gasteiger partial charge < -0.3 is 28.3 Å². The molecular weight excluding hydrogens is 887 g/mol. The molecule has 1 saturated carbocycles. The molecule has 3 aromatic carbocycles. The molecule has 5 heterocycles. The summed E-state index contributed by atoms with van der Waals surface area (Å²) in [5.41, 5.74) is 1.02. The third-order valence-corrected chi connectivity index (χ3v) is 19.3. The van der Waals surface area contributed by atoms with E-state index in [0.29, 0.717) is 53.8 Å². The van der Waals surface area contributed by atoms with E-state index >= 15 is 4.39 Å². The predicted octanol–water partition coefficient (Wildman–Crippen LogP) is 9.35. The van der Waals surface area contributed by atoms with Crippen molar-refractivity contribution in [2.45, 2.75) is 121 Å². The molecule has 0 radical (unpaired) electrons. The van der Waals surface area contributed by atoms with Crippen LogP contribution in [0, 0.1) is 5.82 Å². The SMILES string of the molecule is COCOc1cc(Cl)c(C2CC2)c(-c2ncc3c(N4CC5CCC(C4)N5C(=O)OC(C)(C)C)nc(OC[C@@H]4CC[C@@H](CO[Si](c5ccccc5)(c5ccccc5)C(C)(C)C)N4C)nc3c2F)c1. The zero-order valence-corrected chi connectivity index (χ0v) is 41.8. The summed E-state index contributed by atoms with van der Waals surface area (Å²) in [4.78, 5) is 34.5. The molecule has 67 heavy (non-hydrogen) atoms. The lowest BCUT2D eigenvalue weighted by molar-refractivity contribution is 0.0122. The minimum Gasteiger partial charge on any atom is -0.467 e. The first kappa shape index (κ1) is 47.2. The summed E-state index contributed by atoms with van der Waals surface area (Å²) in [6.45, 7) is 14.4. The number of halogens is 2. The largest absolute Gasteiger partial charge is 0.467 e. The monoisotopic (exact) mass is 950 g/mol. The van der Waals surface area contributed by atoms with Gasteiger partial charge in [0.15, 0.2) is 12.6 Å². The molecule has 1 amide bonds. The van der Waals surface area contributed by atoms with Crippen LogP contribution in [0.5, 0.6) is 11.8 Å². The van der Waals surface area contributed by atoms with Crippen LogP contribution in [0.4, 0.5) is 15.0 Å². The van der Waals surface area contributed by atoms with Crippen molar-refractivity contribution in [1.82, 2.24) is 24.8 Å². The van der Waals surface area contributed by atoms with Gasteiger partial charge in [-0.15, -0.1) is 0 Å². The maximum atomic E-state index is 17.5. The number of likely N-dealkylation sites (tertiary alicyclic amines) is 1. The van der Waals surface area contributed by atoms with E-state index in [1.807, 2.05) is 25.7 Å². The molecule has 3 aliphatic heterocycles. The maximum absolute atomic E-state index is 17.5. The molecule has 2 aromatic heterocycles. The van der Waals surface area contributed by atoms with Gasteiger partial charge >= 0.3 is 12.1 Å². The highest BCUT2D eigenvalue weighted by Crippen LogP contribution is 2.50. The Morgan fingerprint density at radius 1 is 0.836 bits per heavy atom. The van der Waals surface area contributed by atoms with E-state index in [1.165, 1.54) is 10.4 Å². The van der Waals surface area contributed by atoms with Crippen LogP contribution in [0.15, 0.2) is 79.0 Å². The second-order valence-corrected chi connectivity index (χ2v) is 25.4. The van der Waals surface area contributed by atoms with Gasteiger partial charge in [0.2, 0.25) is 0 Å². The Morgan fingerprint density at radius 2 is 1.46 bits per heavy atom. The van der Waals surface area contributed by atoms with Crippen LogP contribution < -0.4 is 24.7 Å². The number of amides is 1. The predicted molar refractivity (Wildman–Crippen MR) is 263 cm³/mol. The lowest BCUT2D eigenvalue weighted by atomic mass is 9.98. The van der Waals surface area contributed by atoms with Crippen molar-refractivity contribution in [2.24, 2.45) is 0 Å². The summed E-state index contributed by atoms with van der Waals surface area (Å²) in [6, 6.07) is 25.1. The van der Waals surface area contributed by atoms with Gasteiger partial charge in [0.25, 0.3) is 8.32 Å². The highest BCUT2D eigenvalue weighted by Gasteiger charge is 2.51. The number of ether oxygens (including phenoxy) is 4. The number of carbonyl (C=O) groups is 1. The first-order valence-electron chi connectivity index (χ1n) is 23.7. The van der Waals surface area contributed by atoms with Crippen molar-refractivity contribution in [1.29, 1.82) is 0 Å². The van der Waals surface area contributed by atoms with Crippen molar-refractivity contribution in [3.05, 3.63) is 95.4 Å². The summed E-state index contributed by atoms with van der Waals surface area (Å²) in [6.07, 6.45) is 6.70. The summed E-state index contributed by atoms with van der Waals surface area (Å²) in [5, 5.41) is 3.32. The second-order valence-electron chi connectivity index (χ2n) is 20.7. The first-order chi connectivity index (χ1) is 32.1. The van der Waals surface area contributed by atoms with Crippen LogP contribution in [0.2, 0.25) is 10.1 Å². The van der Waals surface area contributed by atoms with Gasteiger partial charge in [-0.3, -0.25) is 14.8 Å². The molecule has 0 spiro atoms. The van der Waals surface area contributed by atoms with Crippen molar-refractivity contribution in [3.63, 3.8) is 0 Å². The van der Waals surface area contributed by atoms with Gasteiger partial charge in [-0.05, 0) is 105 Å². The number of fused-ring (bicyclic) bond motifs is 3. The summed E-state index contributed by atoms with van der Waals surface area (Å²) in [5.74, 6) is 0.567. The fraction of sp³-hybridized carbons (Fsp3) is 0.500. The van der Waals surface area contributed by atoms with Crippen molar-refractivity contribution >= 4 is 53.1 Å². The van der Waals surface area contributed by atoms with Gasteiger partial charge in [-0.1, -0.05) is 93.0 Å². The zero-order chi connectivity index (χ0) is 47.3. The molecule has 15 heteroatoms. The van der Waals surface area contributed by atoms with E-state index in [1.54, 1.807) is 25.4 Å². The fourth-order valence-corrected chi connectivity index (χ4v) is 15.6. The number of hydrogen-bond donors (Lipinski definition) is 0. The maximum Gasteiger partial charge on any atom is 0.410 e. The van der Waals surface area contributed by atoms with Crippen LogP contribution in [-0.2, 0) is 13.9 Å². The van der Waals surface area contributed by atoms with E-state index in [4.69, 9.17) is 49.9 Å². The number of likely N-dealkylation sites (N-methyl/N-ethyl adjacent to an activating group) is 1. The Bertz CT molecular complexity index is 2520. The van der Waals surface area contributed by atoms with Gasteiger partial charge in [-0.25, -0.2) is 9.18 Å². The normalized spacial score (nSPS) is 21.3. The number of piperazine rings is 1. The number of hydrogen-bond acceptors (Lipinski definition) is 11. The number of rotatable bonds is 14. The Morgan fingerprint density at radius 3 is 2.04 bits per heavy atom. The zero-order valence-electron chi connectivity index (χ0n) is 40.1. The molecule has 4 aliphatic rings. The molecule has 5 aromatic rings. The molecule has 1 aliphatic carbocycles. The van der Waals surface area contributed by atoms with E-state index in [-0.39, 0.29) is 65.2 Å². The molecule has 2 unspecified atom stereocenters. The second kappa shape index (κ2) is 18.9. The number of methoxy groups -OCH3 is 1. The van der Waals surface area contributed by atoms with E-state index in [2.05, 4.69) is 98.3 Å². The summed E-state index contributed by atoms with van der Waals surface area (Å²) in [7, 11) is 0.938. The molecule has 0 N–H and O–H groups in total. The highest BCUT2D eigenvalue weighted by atomic mass is 35.5. The lowest BCUT2D eigenvalue weighted by Gasteiger charge is -2.44. The number of carbonyl (C=O) groups excluding carboxylic acids is 1. The molecule has 9 rings (SSSR count). The number of nitrogens with zero attached hydrogens (tertiary/aromatic N) is 6. The van der Waals surface area contributed by atoms with E-state index in [0.717, 1.165) is 44.1 Å². The third kappa shape index (κ3) is 9.49. The van der Waals surface area contributed by atoms with Crippen LogP contribution in [0.25, 0.3) is 22.2 Å². The number of pyridine rings is 1. The van der Waals surface area contributed by atoms with Gasteiger partial charge in [0.1, 0.15) is 35.0 Å². The lowest BCUT2D eigenvalue weighted by Crippen LogP contribution is -2.67. The van der Waals surface area contributed by atoms with Crippen LogP contribution in [0.1, 0.15) is 91.5 Å². The Balaban J connectivity index is 1.02. The summed E-state index contributed by atoms with van der Waals surface area (Å²) < 4.78 is 48.3. The van der Waals surface area contributed by atoms with Gasteiger partial charge in [0, 0.05) is 49.1 Å².